The standard InChI is InChI=1S/C30H46O6/c1-16-10-13-30(24(34)35)15-14-26(4)17(21(30)29(16,7)36)8-9-19-27(26,5)12-11-18-25(2,3)22(32)20(31)23(33)28(18,19)6/h8,16,18-19,21-23,32-33,36H,9-15H2,1-7H3,(H,34,35)/t16-,18-,19-,21-,22+,23+,26-,27-,28+,29-,30+/m1/s1. The predicted octanol–water partition coefficient (Wildman–Crippen LogP) is 4.35. The summed E-state index contributed by atoms with van der Waals surface area (Å²) in [6.45, 7) is 14.4. The molecule has 0 aromatic rings. The molecule has 6 nitrogen and oxygen atoms in total. The van der Waals surface area contributed by atoms with E-state index in [2.05, 4.69) is 26.8 Å². The largest absolute Gasteiger partial charge is 0.481 e. The van der Waals surface area contributed by atoms with Gasteiger partial charge in [-0.3, -0.25) is 9.59 Å². The summed E-state index contributed by atoms with van der Waals surface area (Å²) in [5, 5.41) is 44.7. The lowest BCUT2D eigenvalue weighted by Crippen LogP contribution is -2.71. The lowest BCUT2D eigenvalue weighted by atomic mass is 9.32. The van der Waals surface area contributed by atoms with Gasteiger partial charge in [-0.1, -0.05) is 53.2 Å². The number of aliphatic hydroxyl groups excluding tert-OH is 2. The van der Waals surface area contributed by atoms with Crippen LogP contribution in [0.5, 0.6) is 0 Å². The number of rotatable bonds is 1. The summed E-state index contributed by atoms with van der Waals surface area (Å²) in [4.78, 5) is 26.0. The topological polar surface area (TPSA) is 115 Å². The average Bonchev–Trinajstić information content (AvgIpc) is 2.79. The minimum absolute atomic E-state index is 0.00270. The minimum Gasteiger partial charge on any atom is -0.481 e. The number of ketones is 1. The van der Waals surface area contributed by atoms with Gasteiger partial charge in [-0.25, -0.2) is 0 Å². The van der Waals surface area contributed by atoms with Crippen LogP contribution in [0, 0.1) is 50.7 Å². The van der Waals surface area contributed by atoms with Gasteiger partial charge in [0.05, 0.1) is 11.0 Å². The summed E-state index contributed by atoms with van der Waals surface area (Å²) in [5.41, 5.74) is -2.95. The molecule has 36 heavy (non-hydrogen) atoms. The minimum atomic E-state index is -1.23. The molecule has 202 valence electrons. The molecule has 0 heterocycles. The highest BCUT2D eigenvalue weighted by Crippen LogP contribution is 2.75. The highest BCUT2D eigenvalue weighted by molar-refractivity contribution is 5.90. The van der Waals surface area contributed by atoms with Crippen molar-refractivity contribution in [3.63, 3.8) is 0 Å². The predicted molar refractivity (Wildman–Crippen MR) is 136 cm³/mol. The van der Waals surface area contributed by atoms with E-state index in [0.29, 0.717) is 25.7 Å². The van der Waals surface area contributed by atoms with Gasteiger partial charge in [-0.2, -0.15) is 0 Å². The fourth-order valence-electron chi connectivity index (χ4n) is 10.7. The second-order valence-corrected chi connectivity index (χ2v) is 14.7. The summed E-state index contributed by atoms with van der Waals surface area (Å²) >= 11 is 0. The van der Waals surface area contributed by atoms with Crippen LogP contribution in [0.3, 0.4) is 0 Å². The van der Waals surface area contributed by atoms with Crippen molar-refractivity contribution in [2.45, 2.75) is 111 Å². The van der Waals surface area contributed by atoms with Crippen LogP contribution in [-0.4, -0.2) is 50.0 Å². The number of Topliss-reactive ketones (excluding diaryl/α,β-unsaturated/α-hetero) is 1. The smallest absolute Gasteiger partial charge is 0.310 e. The van der Waals surface area contributed by atoms with Crippen LogP contribution < -0.4 is 0 Å². The molecule has 0 aliphatic heterocycles. The van der Waals surface area contributed by atoms with Crippen molar-refractivity contribution in [3.05, 3.63) is 11.6 Å². The van der Waals surface area contributed by atoms with Crippen LogP contribution >= 0.6 is 0 Å². The average molecular weight is 503 g/mol. The van der Waals surface area contributed by atoms with E-state index in [1.54, 1.807) is 0 Å². The van der Waals surface area contributed by atoms with Gasteiger partial charge in [-0.05, 0) is 80.5 Å². The van der Waals surface area contributed by atoms with E-state index in [-0.39, 0.29) is 28.6 Å². The lowest BCUT2D eigenvalue weighted by Gasteiger charge is -2.72. The van der Waals surface area contributed by atoms with E-state index in [9.17, 15) is 30.0 Å². The number of aliphatic carboxylic acids is 1. The molecular formula is C30H46O6. The second-order valence-electron chi connectivity index (χ2n) is 14.7. The van der Waals surface area contributed by atoms with Crippen LogP contribution in [0.2, 0.25) is 0 Å². The zero-order chi connectivity index (χ0) is 26.9. The summed E-state index contributed by atoms with van der Waals surface area (Å²) < 4.78 is 0. The molecule has 0 bridgehead atoms. The molecule has 5 rings (SSSR count). The molecule has 5 aliphatic carbocycles. The highest BCUT2D eigenvalue weighted by Gasteiger charge is 2.73. The zero-order valence-corrected chi connectivity index (χ0v) is 23.1. The molecule has 11 atom stereocenters. The van der Waals surface area contributed by atoms with Gasteiger partial charge in [0.1, 0.15) is 12.2 Å². The molecule has 0 aromatic heterocycles. The number of carboxylic acids is 1. The van der Waals surface area contributed by atoms with Crippen molar-refractivity contribution in [1.29, 1.82) is 0 Å². The molecule has 4 N–H and O–H groups in total. The third kappa shape index (κ3) is 2.74. The first-order valence-corrected chi connectivity index (χ1v) is 14.0. The van der Waals surface area contributed by atoms with E-state index in [0.717, 1.165) is 24.8 Å². The maximum absolute atomic E-state index is 13.2. The summed E-state index contributed by atoms with van der Waals surface area (Å²) in [6.07, 6.45) is 4.63. The van der Waals surface area contributed by atoms with Crippen molar-refractivity contribution in [3.8, 4) is 0 Å². The lowest BCUT2D eigenvalue weighted by molar-refractivity contribution is -0.238. The van der Waals surface area contributed by atoms with Crippen LogP contribution in [0.15, 0.2) is 11.6 Å². The Morgan fingerprint density at radius 3 is 2.17 bits per heavy atom. The van der Waals surface area contributed by atoms with Crippen molar-refractivity contribution in [2.24, 2.45) is 50.7 Å². The third-order valence-electron chi connectivity index (χ3n) is 13.4. The van der Waals surface area contributed by atoms with Gasteiger partial charge in [-0.15, -0.1) is 0 Å². The van der Waals surface area contributed by atoms with Gasteiger partial charge in [0, 0.05) is 16.7 Å². The molecule has 4 fully saturated rings. The van der Waals surface area contributed by atoms with Crippen molar-refractivity contribution >= 4 is 11.8 Å². The Kier molecular flexibility index (Phi) is 5.45. The molecule has 0 aromatic carbocycles. The number of allylic oxidation sites excluding steroid dienone is 1. The van der Waals surface area contributed by atoms with Crippen molar-refractivity contribution in [2.75, 3.05) is 0 Å². The number of hydrogen-bond acceptors (Lipinski definition) is 5. The number of carboxylic acid groups (broad SMARTS) is 1. The van der Waals surface area contributed by atoms with Crippen molar-refractivity contribution in [1.82, 2.24) is 0 Å². The molecule has 0 saturated heterocycles. The maximum atomic E-state index is 13.2. The van der Waals surface area contributed by atoms with Gasteiger partial charge in [0.25, 0.3) is 0 Å². The van der Waals surface area contributed by atoms with Crippen LogP contribution in [0.1, 0.15) is 93.4 Å². The van der Waals surface area contributed by atoms with Crippen LogP contribution in [0.25, 0.3) is 0 Å². The first-order valence-electron chi connectivity index (χ1n) is 14.0. The second kappa shape index (κ2) is 7.45. The first-order chi connectivity index (χ1) is 16.4. The third-order valence-corrected chi connectivity index (χ3v) is 13.4. The molecule has 5 aliphatic rings. The fraction of sp³-hybridized carbons (Fsp3) is 0.867. The zero-order valence-electron chi connectivity index (χ0n) is 23.1. The molecule has 0 spiro atoms. The van der Waals surface area contributed by atoms with Gasteiger partial charge >= 0.3 is 5.97 Å². The number of carbonyl (C=O) groups excluding carboxylic acids is 1. The number of aliphatic hydroxyl groups is 3. The molecular weight excluding hydrogens is 456 g/mol. The maximum Gasteiger partial charge on any atom is 0.310 e. The van der Waals surface area contributed by atoms with E-state index >= 15 is 0 Å². The quantitative estimate of drug-likeness (QED) is 0.396. The Hall–Kier alpha value is -1.24. The normalized spacial score (nSPS) is 55.9. The fourth-order valence-corrected chi connectivity index (χ4v) is 10.7. The van der Waals surface area contributed by atoms with Crippen LogP contribution in [-0.2, 0) is 9.59 Å². The molecule has 0 radical (unpaired) electrons. The molecule has 0 amide bonds. The molecule has 0 unspecified atom stereocenters. The number of hydrogen-bond donors (Lipinski definition) is 4. The van der Waals surface area contributed by atoms with Crippen molar-refractivity contribution < 1.29 is 30.0 Å². The van der Waals surface area contributed by atoms with Gasteiger partial charge in [0.2, 0.25) is 0 Å². The Labute approximate surface area is 215 Å². The van der Waals surface area contributed by atoms with E-state index in [1.165, 1.54) is 0 Å². The summed E-state index contributed by atoms with van der Waals surface area (Å²) in [5.74, 6) is -1.73. The monoisotopic (exact) mass is 502 g/mol. The van der Waals surface area contributed by atoms with Crippen LogP contribution in [0.4, 0.5) is 0 Å². The van der Waals surface area contributed by atoms with E-state index in [4.69, 9.17) is 0 Å². The Bertz CT molecular complexity index is 1030. The Morgan fingerprint density at radius 2 is 1.56 bits per heavy atom. The number of fused-ring (bicyclic) bond motifs is 7. The molecule has 4 saturated carbocycles. The van der Waals surface area contributed by atoms with Gasteiger partial charge in [0.15, 0.2) is 5.78 Å². The van der Waals surface area contributed by atoms with Gasteiger partial charge < -0.3 is 20.4 Å². The summed E-state index contributed by atoms with van der Waals surface area (Å²) in [7, 11) is 0. The Morgan fingerprint density at radius 1 is 0.917 bits per heavy atom. The molecule has 6 heteroatoms. The highest BCUT2D eigenvalue weighted by atomic mass is 16.4. The SMILES string of the molecule is C[C@@H]1CC[C@]2(C(=O)O)CC[C@]3(C)C(=CC[C@H]4[C@]5(C)[C@H](CC[C@]43C)C(C)(C)[C@@H](O)C(=O)[C@@H]5O)[C@@H]2[C@]1(C)O. The Balaban J connectivity index is 1.68. The van der Waals surface area contributed by atoms with E-state index in [1.807, 2.05) is 27.7 Å². The summed E-state index contributed by atoms with van der Waals surface area (Å²) in [6, 6.07) is 0. The van der Waals surface area contributed by atoms with E-state index < -0.39 is 51.7 Å². The number of carbonyl (C=O) groups is 2. The first kappa shape index (κ1) is 26.4.